The lowest BCUT2D eigenvalue weighted by molar-refractivity contribution is -0.116. The number of nitrogens with two attached hydrogens (primary N) is 1. The molecule has 0 atom stereocenters. The molecular weight excluding hydrogens is 420 g/mol. The summed E-state index contributed by atoms with van der Waals surface area (Å²) in [6.07, 6.45) is 3.69. The molecule has 2 rings (SSSR count). The zero-order chi connectivity index (χ0) is 19.2. The van der Waals surface area contributed by atoms with Gasteiger partial charge in [-0.1, -0.05) is 28.1 Å². The maximum Gasteiger partial charge on any atom is 0.244 e. The van der Waals surface area contributed by atoms with E-state index in [4.69, 9.17) is 9.88 Å². The lowest BCUT2D eigenvalue weighted by atomic mass is 10.1. The standard InChI is InChI=1S/C18H19BrN2O4S/c1-25-17-8-5-15(19)12-14(17)4-9-18(22)21-11-10-13-2-6-16(7-3-13)26(20,23)24/h2-9,12H,10-11H2,1H3,(H,21,22)(H2,20,23,24)/b9-4+. The molecule has 0 spiro atoms. The summed E-state index contributed by atoms with van der Waals surface area (Å²) in [5.41, 5.74) is 1.69. The van der Waals surface area contributed by atoms with Gasteiger partial charge in [0.05, 0.1) is 12.0 Å². The number of carbonyl (C=O) groups excluding carboxylic acids is 1. The third kappa shape index (κ3) is 5.98. The zero-order valence-electron chi connectivity index (χ0n) is 14.1. The minimum atomic E-state index is -3.69. The maximum absolute atomic E-state index is 11.9. The largest absolute Gasteiger partial charge is 0.496 e. The quantitative estimate of drug-likeness (QED) is 0.648. The van der Waals surface area contributed by atoms with Crippen molar-refractivity contribution in [2.24, 2.45) is 5.14 Å². The van der Waals surface area contributed by atoms with Crippen molar-refractivity contribution < 1.29 is 17.9 Å². The minimum Gasteiger partial charge on any atom is -0.496 e. The molecule has 1 amide bonds. The SMILES string of the molecule is COc1ccc(Br)cc1/C=C/C(=O)NCCc1ccc(S(N)(=O)=O)cc1. The van der Waals surface area contributed by atoms with Gasteiger partial charge in [-0.25, -0.2) is 13.6 Å². The van der Waals surface area contributed by atoms with E-state index in [9.17, 15) is 13.2 Å². The molecule has 0 aliphatic carbocycles. The van der Waals surface area contributed by atoms with Crippen molar-refractivity contribution in [3.8, 4) is 5.75 Å². The van der Waals surface area contributed by atoms with Crippen LogP contribution in [0.2, 0.25) is 0 Å². The van der Waals surface area contributed by atoms with Crippen molar-refractivity contribution in [2.75, 3.05) is 13.7 Å². The highest BCUT2D eigenvalue weighted by molar-refractivity contribution is 9.10. The van der Waals surface area contributed by atoms with Gasteiger partial charge in [-0.15, -0.1) is 0 Å². The van der Waals surface area contributed by atoms with Gasteiger partial charge in [0.2, 0.25) is 15.9 Å². The van der Waals surface area contributed by atoms with Crippen LogP contribution in [0.25, 0.3) is 6.08 Å². The average molecular weight is 439 g/mol. The molecule has 0 heterocycles. The molecular formula is C18H19BrN2O4S. The van der Waals surface area contributed by atoms with Gasteiger partial charge in [0.15, 0.2) is 0 Å². The first kappa shape index (κ1) is 20.2. The number of amides is 1. The molecule has 2 aromatic carbocycles. The Balaban J connectivity index is 1.88. The maximum atomic E-state index is 11.9. The zero-order valence-corrected chi connectivity index (χ0v) is 16.5. The van der Waals surface area contributed by atoms with Crippen LogP contribution in [0.3, 0.4) is 0 Å². The molecule has 0 unspecified atom stereocenters. The Labute approximate surface area is 161 Å². The topological polar surface area (TPSA) is 98.5 Å². The van der Waals surface area contributed by atoms with Crippen molar-refractivity contribution in [3.63, 3.8) is 0 Å². The van der Waals surface area contributed by atoms with Crippen LogP contribution in [-0.4, -0.2) is 28.0 Å². The highest BCUT2D eigenvalue weighted by Crippen LogP contribution is 2.24. The second kappa shape index (κ2) is 8.98. The molecule has 0 bridgehead atoms. The van der Waals surface area contributed by atoms with Crippen molar-refractivity contribution in [3.05, 3.63) is 64.1 Å². The normalized spacial score (nSPS) is 11.5. The second-order valence-electron chi connectivity index (χ2n) is 5.45. The Bertz CT molecular complexity index is 909. The van der Waals surface area contributed by atoms with Crippen LogP contribution in [0.1, 0.15) is 11.1 Å². The lowest BCUT2D eigenvalue weighted by Crippen LogP contribution is -2.23. The molecule has 8 heteroatoms. The third-order valence-electron chi connectivity index (χ3n) is 3.57. The molecule has 0 aromatic heterocycles. The highest BCUT2D eigenvalue weighted by Gasteiger charge is 2.06. The summed E-state index contributed by atoms with van der Waals surface area (Å²) in [6.45, 7) is 0.424. The van der Waals surface area contributed by atoms with Gasteiger partial charge in [0, 0.05) is 22.7 Å². The van der Waals surface area contributed by atoms with Crippen LogP contribution in [0.4, 0.5) is 0 Å². The Kier molecular flexibility index (Phi) is 6.96. The van der Waals surface area contributed by atoms with E-state index < -0.39 is 10.0 Å². The van der Waals surface area contributed by atoms with Crippen LogP contribution in [0, 0.1) is 0 Å². The molecule has 0 aliphatic rings. The summed E-state index contributed by atoms with van der Waals surface area (Å²) in [7, 11) is -2.12. The van der Waals surface area contributed by atoms with Crippen LogP contribution < -0.4 is 15.2 Å². The predicted octanol–water partition coefficient (Wildman–Crippen LogP) is 2.48. The van der Waals surface area contributed by atoms with Gasteiger partial charge < -0.3 is 10.1 Å². The average Bonchev–Trinajstić information content (AvgIpc) is 2.60. The van der Waals surface area contributed by atoms with Crippen LogP contribution in [0.5, 0.6) is 5.75 Å². The Morgan fingerprint density at radius 3 is 2.54 bits per heavy atom. The van der Waals surface area contributed by atoms with E-state index in [1.807, 2.05) is 18.2 Å². The molecule has 0 saturated carbocycles. The number of hydrogen-bond donors (Lipinski definition) is 2. The van der Waals surface area contributed by atoms with Crippen LogP contribution in [-0.2, 0) is 21.2 Å². The first-order chi connectivity index (χ1) is 12.3. The van der Waals surface area contributed by atoms with E-state index in [1.165, 1.54) is 18.2 Å². The number of benzene rings is 2. The highest BCUT2D eigenvalue weighted by atomic mass is 79.9. The van der Waals surface area contributed by atoms with Gasteiger partial charge in [-0.2, -0.15) is 0 Å². The van der Waals surface area contributed by atoms with Crippen molar-refractivity contribution in [1.82, 2.24) is 5.32 Å². The van der Waals surface area contributed by atoms with Crippen molar-refractivity contribution >= 4 is 37.9 Å². The fourth-order valence-corrected chi connectivity index (χ4v) is 3.13. The van der Waals surface area contributed by atoms with E-state index in [2.05, 4.69) is 21.2 Å². The summed E-state index contributed by atoms with van der Waals surface area (Å²) >= 11 is 3.38. The third-order valence-corrected chi connectivity index (χ3v) is 4.99. The first-order valence-electron chi connectivity index (χ1n) is 7.71. The molecule has 138 valence electrons. The predicted molar refractivity (Wildman–Crippen MR) is 104 cm³/mol. The van der Waals surface area contributed by atoms with Gasteiger partial charge >= 0.3 is 0 Å². The van der Waals surface area contributed by atoms with Crippen molar-refractivity contribution in [1.29, 1.82) is 0 Å². The molecule has 0 aliphatic heterocycles. The van der Waals surface area contributed by atoms with E-state index in [0.29, 0.717) is 18.7 Å². The number of sulfonamides is 1. The van der Waals surface area contributed by atoms with E-state index in [1.54, 1.807) is 25.3 Å². The summed E-state index contributed by atoms with van der Waals surface area (Å²) < 4.78 is 28.5. The Morgan fingerprint density at radius 2 is 1.92 bits per heavy atom. The number of hydrogen-bond acceptors (Lipinski definition) is 4. The number of rotatable bonds is 7. The Morgan fingerprint density at radius 1 is 1.23 bits per heavy atom. The molecule has 2 aromatic rings. The number of methoxy groups -OCH3 is 1. The minimum absolute atomic E-state index is 0.0659. The number of primary sulfonamides is 1. The van der Waals surface area contributed by atoms with E-state index >= 15 is 0 Å². The fraction of sp³-hybridized carbons (Fsp3) is 0.167. The number of halogens is 1. The second-order valence-corrected chi connectivity index (χ2v) is 7.93. The van der Waals surface area contributed by atoms with Gasteiger partial charge in [0.1, 0.15) is 5.75 Å². The smallest absolute Gasteiger partial charge is 0.244 e. The van der Waals surface area contributed by atoms with E-state index in [-0.39, 0.29) is 10.8 Å². The van der Waals surface area contributed by atoms with Crippen LogP contribution >= 0.6 is 15.9 Å². The molecule has 26 heavy (non-hydrogen) atoms. The van der Waals surface area contributed by atoms with Gasteiger partial charge in [0.25, 0.3) is 0 Å². The van der Waals surface area contributed by atoms with Gasteiger partial charge in [-0.3, -0.25) is 4.79 Å². The molecule has 0 radical (unpaired) electrons. The number of nitrogens with one attached hydrogen (secondary N) is 1. The molecule has 0 saturated heterocycles. The first-order valence-corrected chi connectivity index (χ1v) is 10.0. The van der Waals surface area contributed by atoms with E-state index in [0.717, 1.165) is 15.6 Å². The summed E-state index contributed by atoms with van der Waals surface area (Å²) in [5, 5.41) is 7.83. The lowest BCUT2D eigenvalue weighted by Gasteiger charge is -2.06. The molecule has 6 nitrogen and oxygen atoms in total. The molecule has 3 N–H and O–H groups in total. The summed E-state index contributed by atoms with van der Waals surface area (Å²) in [5.74, 6) is 0.445. The van der Waals surface area contributed by atoms with Crippen LogP contribution in [0.15, 0.2) is 57.9 Å². The van der Waals surface area contributed by atoms with Gasteiger partial charge in [-0.05, 0) is 48.4 Å². The Hall–Kier alpha value is -2.16. The number of carbonyl (C=O) groups is 1. The monoisotopic (exact) mass is 438 g/mol. The molecule has 0 fully saturated rings. The number of ether oxygens (including phenoxy) is 1. The summed E-state index contributed by atoms with van der Waals surface area (Å²) in [6, 6.07) is 11.8. The fourth-order valence-electron chi connectivity index (χ4n) is 2.24. The summed E-state index contributed by atoms with van der Waals surface area (Å²) in [4.78, 5) is 12.0. The van der Waals surface area contributed by atoms with Crippen molar-refractivity contribution in [2.45, 2.75) is 11.3 Å².